The van der Waals surface area contributed by atoms with Crippen LogP contribution in [0.25, 0.3) is 0 Å². The Morgan fingerprint density at radius 3 is 2.43 bits per heavy atom. The SMILES string of the molecule is Cc1cccc(CCCNC(=O)c2ccc(CS(=O)(=O)N3CCCC3)cc2)c1. The zero-order valence-electron chi connectivity index (χ0n) is 16.4. The van der Waals surface area contributed by atoms with E-state index in [0.717, 1.165) is 25.7 Å². The quantitative estimate of drug-likeness (QED) is 0.692. The first kappa shape index (κ1) is 20.6. The molecule has 0 spiro atoms. The summed E-state index contributed by atoms with van der Waals surface area (Å²) >= 11 is 0. The molecule has 5 nitrogen and oxygen atoms in total. The van der Waals surface area contributed by atoms with Crippen LogP contribution in [0.15, 0.2) is 48.5 Å². The first-order chi connectivity index (χ1) is 13.4. The number of carbonyl (C=O) groups excluding carboxylic acids is 1. The summed E-state index contributed by atoms with van der Waals surface area (Å²) in [6.45, 7) is 3.92. The summed E-state index contributed by atoms with van der Waals surface area (Å²) in [7, 11) is -3.26. The van der Waals surface area contributed by atoms with Crippen LogP contribution in [0.1, 0.15) is 46.3 Å². The highest BCUT2D eigenvalue weighted by atomic mass is 32.2. The molecule has 150 valence electrons. The molecule has 28 heavy (non-hydrogen) atoms. The van der Waals surface area contributed by atoms with Crippen molar-refractivity contribution in [1.29, 1.82) is 0 Å². The standard InChI is InChI=1S/C22H28N2O3S/c1-18-6-4-7-19(16-18)8-5-13-23-22(25)21-11-9-20(10-12-21)17-28(26,27)24-14-2-3-15-24/h4,6-7,9-12,16H,2-3,5,8,13-15,17H2,1H3,(H,23,25). The highest BCUT2D eigenvalue weighted by molar-refractivity contribution is 7.88. The van der Waals surface area contributed by atoms with Crippen molar-refractivity contribution in [2.75, 3.05) is 19.6 Å². The number of amides is 1. The summed E-state index contributed by atoms with van der Waals surface area (Å²) < 4.78 is 26.3. The van der Waals surface area contributed by atoms with E-state index in [-0.39, 0.29) is 11.7 Å². The second kappa shape index (κ2) is 9.34. The van der Waals surface area contributed by atoms with Crippen LogP contribution in [0.2, 0.25) is 0 Å². The molecule has 0 unspecified atom stereocenters. The molecule has 1 aliphatic heterocycles. The van der Waals surface area contributed by atoms with Gasteiger partial charge in [0.05, 0.1) is 5.75 Å². The van der Waals surface area contributed by atoms with Crippen molar-refractivity contribution in [2.45, 2.75) is 38.4 Å². The van der Waals surface area contributed by atoms with E-state index in [0.29, 0.717) is 30.8 Å². The van der Waals surface area contributed by atoms with Crippen LogP contribution in [0.4, 0.5) is 0 Å². The van der Waals surface area contributed by atoms with Crippen LogP contribution in [0.3, 0.4) is 0 Å². The molecule has 1 saturated heterocycles. The van der Waals surface area contributed by atoms with Crippen molar-refractivity contribution in [3.63, 3.8) is 0 Å². The third kappa shape index (κ3) is 5.66. The molecule has 1 heterocycles. The maximum Gasteiger partial charge on any atom is 0.251 e. The first-order valence-electron chi connectivity index (χ1n) is 9.84. The Labute approximate surface area is 167 Å². The van der Waals surface area contributed by atoms with Crippen molar-refractivity contribution in [2.24, 2.45) is 0 Å². The topological polar surface area (TPSA) is 66.5 Å². The molecule has 0 atom stereocenters. The Balaban J connectivity index is 1.46. The van der Waals surface area contributed by atoms with E-state index in [1.54, 1.807) is 28.6 Å². The summed E-state index contributed by atoms with van der Waals surface area (Å²) in [5.41, 5.74) is 3.78. The minimum atomic E-state index is -3.26. The van der Waals surface area contributed by atoms with Gasteiger partial charge in [0.25, 0.3) is 5.91 Å². The zero-order valence-corrected chi connectivity index (χ0v) is 17.2. The second-order valence-corrected chi connectivity index (χ2v) is 9.38. The van der Waals surface area contributed by atoms with Gasteiger partial charge in [0, 0.05) is 25.2 Å². The third-order valence-corrected chi connectivity index (χ3v) is 6.88. The monoisotopic (exact) mass is 400 g/mol. The zero-order chi connectivity index (χ0) is 20.0. The Morgan fingerprint density at radius 2 is 1.75 bits per heavy atom. The van der Waals surface area contributed by atoms with E-state index in [9.17, 15) is 13.2 Å². The number of benzene rings is 2. The van der Waals surface area contributed by atoms with Gasteiger partial charge < -0.3 is 5.32 Å². The van der Waals surface area contributed by atoms with Crippen LogP contribution in [-0.4, -0.2) is 38.3 Å². The van der Waals surface area contributed by atoms with Gasteiger partial charge in [0.2, 0.25) is 10.0 Å². The molecule has 0 saturated carbocycles. The van der Waals surface area contributed by atoms with Gasteiger partial charge >= 0.3 is 0 Å². The van der Waals surface area contributed by atoms with Gasteiger partial charge in [-0.3, -0.25) is 4.79 Å². The van der Waals surface area contributed by atoms with E-state index in [4.69, 9.17) is 0 Å². The molecule has 1 amide bonds. The summed E-state index contributed by atoms with van der Waals surface area (Å²) in [5.74, 6) is -0.135. The predicted molar refractivity (Wildman–Crippen MR) is 112 cm³/mol. The summed E-state index contributed by atoms with van der Waals surface area (Å²) in [6.07, 6.45) is 3.67. The Bertz CT molecular complexity index is 902. The molecule has 2 aromatic rings. The number of rotatable bonds is 8. The maximum atomic E-state index is 12.4. The van der Waals surface area contributed by atoms with Crippen LogP contribution in [-0.2, 0) is 22.2 Å². The Morgan fingerprint density at radius 1 is 1.04 bits per heavy atom. The van der Waals surface area contributed by atoms with Gasteiger partial charge in [0.1, 0.15) is 0 Å². The number of aryl methyl sites for hydroxylation is 2. The lowest BCUT2D eigenvalue weighted by Crippen LogP contribution is -2.29. The Kier molecular flexibility index (Phi) is 6.86. The van der Waals surface area contributed by atoms with Crippen molar-refractivity contribution in [3.8, 4) is 0 Å². The van der Waals surface area contributed by atoms with Crippen LogP contribution in [0.5, 0.6) is 0 Å². The number of sulfonamides is 1. The maximum absolute atomic E-state index is 12.4. The van der Waals surface area contributed by atoms with Crippen molar-refractivity contribution >= 4 is 15.9 Å². The number of nitrogens with zero attached hydrogens (tertiary/aromatic N) is 1. The predicted octanol–water partition coefficient (Wildman–Crippen LogP) is 3.28. The van der Waals surface area contributed by atoms with E-state index >= 15 is 0 Å². The molecule has 6 heteroatoms. The lowest BCUT2D eigenvalue weighted by atomic mass is 10.1. The highest BCUT2D eigenvalue weighted by Crippen LogP contribution is 2.17. The smallest absolute Gasteiger partial charge is 0.251 e. The normalized spacial score (nSPS) is 14.9. The highest BCUT2D eigenvalue weighted by Gasteiger charge is 2.25. The van der Waals surface area contributed by atoms with Crippen LogP contribution in [0, 0.1) is 6.92 Å². The molecule has 1 fully saturated rings. The molecule has 1 N–H and O–H groups in total. The third-order valence-electron chi connectivity index (χ3n) is 5.03. The van der Waals surface area contributed by atoms with E-state index in [1.807, 2.05) is 0 Å². The molecule has 2 aromatic carbocycles. The van der Waals surface area contributed by atoms with Crippen molar-refractivity contribution in [3.05, 3.63) is 70.8 Å². The average molecular weight is 401 g/mol. The summed E-state index contributed by atoms with van der Waals surface area (Å²) in [4.78, 5) is 12.3. The van der Waals surface area contributed by atoms with Gasteiger partial charge in [-0.25, -0.2) is 12.7 Å². The molecule has 0 radical (unpaired) electrons. The minimum absolute atomic E-state index is 0.00854. The molecule has 0 aliphatic carbocycles. The van der Waals surface area contributed by atoms with Crippen LogP contribution >= 0.6 is 0 Å². The van der Waals surface area contributed by atoms with E-state index in [1.165, 1.54) is 11.1 Å². The number of hydrogen-bond acceptors (Lipinski definition) is 3. The summed E-state index contributed by atoms with van der Waals surface area (Å²) in [6, 6.07) is 15.3. The average Bonchev–Trinajstić information content (AvgIpc) is 3.21. The van der Waals surface area contributed by atoms with Crippen LogP contribution < -0.4 is 5.32 Å². The van der Waals surface area contributed by atoms with Gasteiger partial charge in [-0.15, -0.1) is 0 Å². The fourth-order valence-corrected chi connectivity index (χ4v) is 5.10. The van der Waals surface area contributed by atoms with Crippen molar-refractivity contribution < 1.29 is 13.2 Å². The second-order valence-electron chi connectivity index (χ2n) is 7.41. The molecule has 1 aliphatic rings. The fourth-order valence-electron chi connectivity index (χ4n) is 3.48. The van der Waals surface area contributed by atoms with E-state index < -0.39 is 10.0 Å². The Hall–Kier alpha value is -2.18. The fraction of sp³-hybridized carbons (Fsp3) is 0.409. The molecule has 0 aromatic heterocycles. The summed E-state index contributed by atoms with van der Waals surface area (Å²) in [5, 5.41) is 2.93. The minimum Gasteiger partial charge on any atom is -0.352 e. The molecule has 3 rings (SSSR count). The number of nitrogens with one attached hydrogen (secondary N) is 1. The molecular formula is C22H28N2O3S. The van der Waals surface area contributed by atoms with E-state index in [2.05, 4.69) is 36.5 Å². The first-order valence-corrected chi connectivity index (χ1v) is 11.5. The largest absolute Gasteiger partial charge is 0.352 e. The molecular weight excluding hydrogens is 372 g/mol. The van der Waals surface area contributed by atoms with Crippen molar-refractivity contribution in [1.82, 2.24) is 9.62 Å². The number of hydrogen-bond donors (Lipinski definition) is 1. The van der Waals surface area contributed by atoms with Gasteiger partial charge in [-0.2, -0.15) is 0 Å². The van der Waals surface area contributed by atoms with Gasteiger partial charge in [-0.05, 0) is 55.9 Å². The van der Waals surface area contributed by atoms with Gasteiger partial charge in [-0.1, -0.05) is 42.0 Å². The lowest BCUT2D eigenvalue weighted by Gasteiger charge is -2.15. The number of carbonyl (C=O) groups is 1. The lowest BCUT2D eigenvalue weighted by molar-refractivity contribution is 0.0953. The van der Waals surface area contributed by atoms with Gasteiger partial charge in [0.15, 0.2) is 0 Å². The molecule has 0 bridgehead atoms.